The number of hydrogen-bond donors (Lipinski definition) is 2. The summed E-state index contributed by atoms with van der Waals surface area (Å²) >= 11 is 0. The topological polar surface area (TPSA) is 106 Å². The second-order valence-corrected chi connectivity index (χ2v) is 3.95. The maximum absolute atomic E-state index is 11.8. The number of methoxy groups -OCH3 is 1. The molecule has 0 aliphatic carbocycles. The standard InChI is InChI=1S/C11H15N5O3/c1-7(14-10(17)8-5-12-6-13-8)11-15-9(16-19-11)3-4-18-2/h5-7H,3-4H2,1-2H3,(H,12,13)(H,14,17)/t7-/m0/s1. The van der Waals surface area contributed by atoms with Crippen molar-refractivity contribution in [3.63, 3.8) is 0 Å². The van der Waals surface area contributed by atoms with E-state index in [1.54, 1.807) is 14.0 Å². The summed E-state index contributed by atoms with van der Waals surface area (Å²) in [6, 6.07) is -0.375. The van der Waals surface area contributed by atoms with E-state index in [2.05, 4.69) is 25.4 Å². The van der Waals surface area contributed by atoms with E-state index in [1.807, 2.05) is 0 Å². The second kappa shape index (κ2) is 6.10. The highest BCUT2D eigenvalue weighted by Gasteiger charge is 2.17. The number of ether oxygens (including phenoxy) is 1. The molecule has 0 saturated carbocycles. The summed E-state index contributed by atoms with van der Waals surface area (Å²) in [5.41, 5.74) is 0.381. The van der Waals surface area contributed by atoms with Crippen LogP contribution in [0.4, 0.5) is 0 Å². The molecule has 0 aliphatic rings. The van der Waals surface area contributed by atoms with Crippen LogP contribution in [-0.2, 0) is 11.2 Å². The summed E-state index contributed by atoms with van der Waals surface area (Å²) in [7, 11) is 1.61. The normalized spacial score (nSPS) is 12.3. The summed E-state index contributed by atoms with van der Waals surface area (Å²) in [5.74, 6) is 0.639. The zero-order chi connectivity index (χ0) is 13.7. The average molecular weight is 265 g/mol. The highest BCUT2D eigenvalue weighted by atomic mass is 16.5. The Bertz CT molecular complexity index is 522. The van der Waals surface area contributed by atoms with Crippen molar-refractivity contribution in [1.82, 2.24) is 25.4 Å². The molecule has 2 aromatic rings. The first kappa shape index (κ1) is 13.2. The molecule has 1 amide bonds. The molecular formula is C11H15N5O3. The SMILES string of the molecule is COCCc1noc([C@H](C)NC(=O)c2cnc[nH]2)n1. The van der Waals surface area contributed by atoms with Gasteiger partial charge in [-0.2, -0.15) is 4.98 Å². The van der Waals surface area contributed by atoms with Crippen LogP contribution in [0.3, 0.4) is 0 Å². The van der Waals surface area contributed by atoms with E-state index in [-0.39, 0.29) is 11.9 Å². The number of carbonyl (C=O) groups is 1. The number of nitrogens with zero attached hydrogens (tertiary/aromatic N) is 3. The van der Waals surface area contributed by atoms with Gasteiger partial charge in [0.25, 0.3) is 5.91 Å². The molecule has 2 N–H and O–H groups in total. The van der Waals surface area contributed by atoms with Gasteiger partial charge in [-0.25, -0.2) is 4.98 Å². The van der Waals surface area contributed by atoms with Crippen LogP contribution in [0.15, 0.2) is 17.0 Å². The monoisotopic (exact) mass is 265 g/mol. The second-order valence-electron chi connectivity index (χ2n) is 3.95. The van der Waals surface area contributed by atoms with E-state index in [0.717, 1.165) is 0 Å². The Labute approximate surface area is 109 Å². The van der Waals surface area contributed by atoms with Crippen molar-refractivity contribution in [2.24, 2.45) is 0 Å². The Hall–Kier alpha value is -2.22. The third-order valence-corrected chi connectivity index (χ3v) is 2.47. The van der Waals surface area contributed by atoms with Gasteiger partial charge in [0, 0.05) is 13.5 Å². The molecular weight excluding hydrogens is 250 g/mol. The molecule has 2 heterocycles. The number of H-pyrrole nitrogens is 1. The minimum Gasteiger partial charge on any atom is -0.384 e. The highest BCUT2D eigenvalue weighted by Crippen LogP contribution is 2.10. The molecule has 2 rings (SSSR count). The van der Waals surface area contributed by atoms with Crippen LogP contribution < -0.4 is 5.32 Å². The van der Waals surface area contributed by atoms with Crippen LogP contribution in [-0.4, -0.2) is 39.7 Å². The van der Waals surface area contributed by atoms with Gasteiger partial charge in [0.2, 0.25) is 5.89 Å². The average Bonchev–Trinajstić information content (AvgIpc) is 3.07. The molecule has 8 heteroatoms. The van der Waals surface area contributed by atoms with Gasteiger partial charge in [-0.3, -0.25) is 4.79 Å². The zero-order valence-corrected chi connectivity index (χ0v) is 10.7. The van der Waals surface area contributed by atoms with E-state index < -0.39 is 0 Å². The summed E-state index contributed by atoms with van der Waals surface area (Å²) < 4.78 is 10.0. The number of aromatic nitrogens is 4. The number of nitrogens with one attached hydrogen (secondary N) is 2. The van der Waals surface area contributed by atoms with Gasteiger partial charge in [0.05, 0.1) is 19.1 Å². The van der Waals surface area contributed by atoms with Crippen LogP contribution in [0.5, 0.6) is 0 Å². The van der Waals surface area contributed by atoms with Crippen LogP contribution in [0.1, 0.15) is 35.2 Å². The molecule has 0 saturated heterocycles. The number of amides is 1. The smallest absolute Gasteiger partial charge is 0.269 e. The molecule has 0 aromatic carbocycles. The number of aromatic amines is 1. The lowest BCUT2D eigenvalue weighted by Gasteiger charge is -2.07. The lowest BCUT2D eigenvalue weighted by atomic mass is 10.3. The lowest BCUT2D eigenvalue weighted by Crippen LogP contribution is -2.27. The van der Waals surface area contributed by atoms with Crippen LogP contribution >= 0.6 is 0 Å². The van der Waals surface area contributed by atoms with Crippen molar-refractivity contribution in [3.8, 4) is 0 Å². The van der Waals surface area contributed by atoms with Crippen molar-refractivity contribution < 1.29 is 14.1 Å². The fourth-order valence-corrected chi connectivity index (χ4v) is 1.45. The van der Waals surface area contributed by atoms with Gasteiger partial charge in [-0.1, -0.05) is 5.16 Å². The van der Waals surface area contributed by atoms with Crippen molar-refractivity contribution in [2.75, 3.05) is 13.7 Å². The maximum Gasteiger partial charge on any atom is 0.269 e. The van der Waals surface area contributed by atoms with Crippen LogP contribution in [0.2, 0.25) is 0 Å². The van der Waals surface area contributed by atoms with Crippen molar-refractivity contribution in [3.05, 3.63) is 29.9 Å². The summed E-state index contributed by atoms with van der Waals surface area (Å²) in [6.07, 6.45) is 3.45. The minimum atomic E-state index is -0.375. The largest absolute Gasteiger partial charge is 0.384 e. The van der Waals surface area contributed by atoms with E-state index in [0.29, 0.717) is 30.4 Å². The van der Waals surface area contributed by atoms with Gasteiger partial charge in [0.15, 0.2) is 5.82 Å². The van der Waals surface area contributed by atoms with Crippen LogP contribution in [0, 0.1) is 0 Å². The highest BCUT2D eigenvalue weighted by molar-refractivity contribution is 5.92. The molecule has 1 atom stereocenters. The number of carbonyl (C=O) groups excluding carboxylic acids is 1. The van der Waals surface area contributed by atoms with Gasteiger partial charge in [0.1, 0.15) is 11.7 Å². The van der Waals surface area contributed by atoms with Gasteiger partial charge in [-0.15, -0.1) is 0 Å². The first-order valence-electron chi connectivity index (χ1n) is 5.81. The molecule has 0 fully saturated rings. The molecule has 2 aromatic heterocycles. The Balaban J connectivity index is 1.94. The molecule has 0 aliphatic heterocycles. The molecule has 0 bridgehead atoms. The molecule has 0 spiro atoms. The number of rotatable bonds is 6. The maximum atomic E-state index is 11.8. The van der Waals surface area contributed by atoms with Gasteiger partial charge >= 0.3 is 0 Å². The van der Waals surface area contributed by atoms with Crippen molar-refractivity contribution in [1.29, 1.82) is 0 Å². The third-order valence-electron chi connectivity index (χ3n) is 2.47. The van der Waals surface area contributed by atoms with Gasteiger partial charge < -0.3 is 19.6 Å². The molecule has 8 nitrogen and oxygen atoms in total. The Morgan fingerprint density at radius 1 is 1.63 bits per heavy atom. The molecule has 0 unspecified atom stereocenters. The fourth-order valence-electron chi connectivity index (χ4n) is 1.45. The Kier molecular flexibility index (Phi) is 4.24. The minimum absolute atomic E-state index is 0.276. The number of hydrogen-bond acceptors (Lipinski definition) is 6. The molecule has 102 valence electrons. The van der Waals surface area contributed by atoms with Crippen molar-refractivity contribution >= 4 is 5.91 Å². The Morgan fingerprint density at radius 2 is 2.47 bits per heavy atom. The third kappa shape index (κ3) is 3.38. The zero-order valence-electron chi connectivity index (χ0n) is 10.7. The van der Waals surface area contributed by atoms with Crippen LogP contribution in [0.25, 0.3) is 0 Å². The predicted octanol–water partition coefficient (Wildman–Crippen LogP) is 0.473. The molecule has 19 heavy (non-hydrogen) atoms. The fraction of sp³-hybridized carbons (Fsp3) is 0.455. The first-order valence-corrected chi connectivity index (χ1v) is 5.81. The summed E-state index contributed by atoms with van der Waals surface area (Å²) in [6.45, 7) is 2.29. The van der Waals surface area contributed by atoms with Crippen molar-refractivity contribution in [2.45, 2.75) is 19.4 Å². The summed E-state index contributed by atoms with van der Waals surface area (Å²) in [5, 5.41) is 6.54. The number of imidazole rings is 1. The van der Waals surface area contributed by atoms with E-state index in [1.165, 1.54) is 12.5 Å². The van der Waals surface area contributed by atoms with Gasteiger partial charge in [-0.05, 0) is 6.92 Å². The molecule has 0 radical (unpaired) electrons. The van der Waals surface area contributed by atoms with E-state index in [9.17, 15) is 4.79 Å². The van der Waals surface area contributed by atoms with E-state index >= 15 is 0 Å². The quantitative estimate of drug-likeness (QED) is 0.786. The summed E-state index contributed by atoms with van der Waals surface area (Å²) in [4.78, 5) is 22.5. The Morgan fingerprint density at radius 3 is 3.16 bits per heavy atom. The lowest BCUT2D eigenvalue weighted by molar-refractivity contribution is 0.0928. The first-order chi connectivity index (χ1) is 9.20. The predicted molar refractivity (Wildman–Crippen MR) is 64.3 cm³/mol. The van der Waals surface area contributed by atoms with E-state index in [4.69, 9.17) is 9.26 Å².